The molecule has 0 amide bonds. The summed E-state index contributed by atoms with van der Waals surface area (Å²) in [6.45, 7) is 1.94. The second-order valence-corrected chi connectivity index (χ2v) is 6.45. The lowest BCUT2D eigenvalue weighted by atomic mass is 10.2. The van der Waals surface area contributed by atoms with Crippen LogP contribution >= 0.6 is 27.7 Å². The number of hydrogen-bond acceptors (Lipinski definition) is 4. The first-order valence-electron chi connectivity index (χ1n) is 6.37. The molecule has 0 bridgehead atoms. The van der Waals surface area contributed by atoms with Gasteiger partial charge in [-0.1, -0.05) is 45.9 Å². The maximum Gasteiger partial charge on any atom is 0.355 e. The van der Waals surface area contributed by atoms with E-state index in [9.17, 15) is 4.79 Å². The zero-order chi connectivity index (χ0) is 14.8. The normalized spacial score (nSPS) is 11.0. The predicted molar refractivity (Wildman–Crippen MR) is 87.7 cm³/mol. The average molecular weight is 362 g/mol. The molecule has 3 rings (SSSR count). The fraction of sp³-hybridized carbons (Fsp3) is 0.133. The molecule has 1 aromatic carbocycles. The average Bonchev–Trinajstić information content (AvgIpc) is 2.48. The molecule has 6 heteroatoms. The molecule has 0 N–H and O–H groups in total. The standard InChI is InChI=1S/C15H12BrN3OS/c1-10-3-2-8-19-13(10)17-14(18-15(19)20)21-9-11-4-6-12(16)7-5-11/h2-8H,9H2,1H3. The molecule has 0 fully saturated rings. The third-order valence-electron chi connectivity index (χ3n) is 3.04. The van der Waals surface area contributed by atoms with Crippen molar-refractivity contribution in [3.05, 3.63) is 68.7 Å². The van der Waals surface area contributed by atoms with E-state index in [2.05, 4.69) is 25.9 Å². The SMILES string of the molecule is Cc1cccn2c(=O)nc(SCc3ccc(Br)cc3)nc12. The van der Waals surface area contributed by atoms with Crippen molar-refractivity contribution in [1.29, 1.82) is 0 Å². The van der Waals surface area contributed by atoms with Gasteiger partial charge in [0, 0.05) is 16.4 Å². The Kier molecular flexibility index (Phi) is 4.07. The number of rotatable bonds is 3. The number of halogens is 1. The van der Waals surface area contributed by atoms with Crippen LogP contribution in [0.3, 0.4) is 0 Å². The summed E-state index contributed by atoms with van der Waals surface area (Å²) >= 11 is 4.88. The van der Waals surface area contributed by atoms with E-state index in [4.69, 9.17) is 0 Å². The van der Waals surface area contributed by atoms with Gasteiger partial charge in [-0.05, 0) is 36.2 Å². The molecule has 4 nitrogen and oxygen atoms in total. The number of nitrogens with zero attached hydrogens (tertiary/aromatic N) is 3. The fourth-order valence-corrected chi connectivity index (χ4v) is 3.00. The van der Waals surface area contributed by atoms with E-state index < -0.39 is 0 Å². The van der Waals surface area contributed by atoms with Gasteiger partial charge in [-0.2, -0.15) is 4.98 Å². The number of thioether (sulfide) groups is 1. The summed E-state index contributed by atoms with van der Waals surface area (Å²) in [6, 6.07) is 11.8. The monoisotopic (exact) mass is 361 g/mol. The number of hydrogen-bond donors (Lipinski definition) is 0. The molecule has 0 atom stereocenters. The Bertz CT molecular complexity index is 846. The lowest BCUT2D eigenvalue weighted by molar-refractivity contribution is 0.842. The van der Waals surface area contributed by atoms with Crippen molar-refractivity contribution in [3.63, 3.8) is 0 Å². The molecule has 3 aromatic rings. The van der Waals surface area contributed by atoms with Gasteiger partial charge in [0.25, 0.3) is 0 Å². The van der Waals surface area contributed by atoms with Crippen LogP contribution in [0.2, 0.25) is 0 Å². The molecule has 0 aliphatic heterocycles. The number of benzene rings is 1. The molecule has 0 aliphatic rings. The van der Waals surface area contributed by atoms with E-state index in [0.717, 1.165) is 21.4 Å². The first kappa shape index (κ1) is 14.3. The van der Waals surface area contributed by atoms with Crippen LogP contribution in [-0.4, -0.2) is 14.4 Å². The third-order valence-corrected chi connectivity index (χ3v) is 4.49. The Hall–Kier alpha value is -1.66. The smallest absolute Gasteiger partial charge is 0.251 e. The Morgan fingerprint density at radius 3 is 2.71 bits per heavy atom. The highest BCUT2D eigenvalue weighted by Gasteiger charge is 2.06. The topological polar surface area (TPSA) is 47.3 Å². The summed E-state index contributed by atoms with van der Waals surface area (Å²) in [5.74, 6) is 0.731. The lowest BCUT2D eigenvalue weighted by Gasteiger charge is -2.05. The quantitative estimate of drug-likeness (QED) is 0.670. The Labute approximate surface area is 134 Å². The van der Waals surface area contributed by atoms with Gasteiger partial charge in [0.15, 0.2) is 5.16 Å². The molecule has 0 aliphatic carbocycles. The third kappa shape index (κ3) is 3.16. The first-order valence-corrected chi connectivity index (χ1v) is 8.14. The largest absolute Gasteiger partial charge is 0.355 e. The van der Waals surface area contributed by atoms with Crippen LogP contribution in [0.25, 0.3) is 5.65 Å². The minimum Gasteiger partial charge on any atom is -0.251 e. The van der Waals surface area contributed by atoms with E-state index >= 15 is 0 Å². The molecule has 2 heterocycles. The van der Waals surface area contributed by atoms with Gasteiger partial charge in [0.2, 0.25) is 0 Å². The minimum atomic E-state index is -0.290. The number of pyridine rings is 1. The molecule has 106 valence electrons. The summed E-state index contributed by atoms with van der Waals surface area (Å²) in [6.07, 6.45) is 1.69. The molecule has 2 aromatic heterocycles. The molecule has 0 unspecified atom stereocenters. The minimum absolute atomic E-state index is 0.290. The van der Waals surface area contributed by atoms with Crippen LogP contribution in [-0.2, 0) is 5.75 Å². The van der Waals surface area contributed by atoms with Gasteiger partial charge < -0.3 is 0 Å². The fourth-order valence-electron chi connectivity index (χ4n) is 1.95. The van der Waals surface area contributed by atoms with Crippen LogP contribution in [0.15, 0.2) is 57.0 Å². The van der Waals surface area contributed by atoms with Gasteiger partial charge >= 0.3 is 5.69 Å². The van der Waals surface area contributed by atoms with Crippen molar-refractivity contribution >= 4 is 33.3 Å². The predicted octanol–water partition coefficient (Wildman–Crippen LogP) is 3.45. The van der Waals surface area contributed by atoms with Crippen molar-refractivity contribution in [3.8, 4) is 0 Å². The van der Waals surface area contributed by atoms with E-state index in [-0.39, 0.29) is 5.69 Å². The van der Waals surface area contributed by atoms with Gasteiger partial charge in [0.05, 0.1) is 0 Å². The van der Waals surface area contributed by atoms with E-state index in [1.54, 1.807) is 6.20 Å². The molecule has 0 radical (unpaired) electrons. The molecular formula is C15H12BrN3OS. The highest BCUT2D eigenvalue weighted by atomic mass is 79.9. The van der Waals surface area contributed by atoms with Crippen molar-refractivity contribution in [1.82, 2.24) is 14.4 Å². The number of aryl methyl sites for hydroxylation is 1. The maximum absolute atomic E-state index is 12.0. The summed E-state index contributed by atoms with van der Waals surface area (Å²) < 4.78 is 2.52. The zero-order valence-electron chi connectivity index (χ0n) is 11.3. The highest BCUT2D eigenvalue weighted by Crippen LogP contribution is 2.20. The molecule has 0 saturated heterocycles. The highest BCUT2D eigenvalue weighted by molar-refractivity contribution is 9.10. The summed E-state index contributed by atoms with van der Waals surface area (Å²) in [4.78, 5) is 20.5. The molecule has 21 heavy (non-hydrogen) atoms. The van der Waals surface area contributed by atoms with Gasteiger partial charge in [0.1, 0.15) is 5.65 Å². The Balaban J connectivity index is 1.89. The summed E-state index contributed by atoms with van der Waals surface area (Å²) in [5, 5.41) is 0.511. The van der Waals surface area contributed by atoms with Gasteiger partial charge in [-0.25, -0.2) is 9.78 Å². The zero-order valence-corrected chi connectivity index (χ0v) is 13.7. The van der Waals surface area contributed by atoms with Crippen LogP contribution in [0.4, 0.5) is 0 Å². The first-order chi connectivity index (χ1) is 10.1. The van der Waals surface area contributed by atoms with Crippen LogP contribution in [0.5, 0.6) is 0 Å². The Morgan fingerprint density at radius 1 is 1.19 bits per heavy atom. The second-order valence-electron chi connectivity index (χ2n) is 4.59. The van der Waals surface area contributed by atoms with E-state index in [1.807, 2.05) is 43.3 Å². The van der Waals surface area contributed by atoms with Gasteiger partial charge in [-0.3, -0.25) is 4.40 Å². The maximum atomic E-state index is 12.0. The van der Waals surface area contributed by atoms with Crippen molar-refractivity contribution in [2.75, 3.05) is 0 Å². The van der Waals surface area contributed by atoms with Crippen LogP contribution in [0, 0.1) is 6.92 Å². The van der Waals surface area contributed by atoms with Crippen molar-refractivity contribution < 1.29 is 0 Å². The van der Waals surface area contributed by atoms with Crippen LogP contribution < -0.4 is 5.69 Å². The number of aromatic nitrogens is 3. The molecule has 0 saturated carbocycles. The van der Waals surface area contributed by atoms with E-state index in [0.29, 0.717) is 10.8 Å². The van der Waals surface area contributed by atoms with Crippen LogP contribution in [0.1, 0.15) is 11.1 Å². The number of fused-ring (bicyclic) bond motifs is 1. The Morgan fingerprint density at radius 2 is 1.95 bits per heavy atom. The van der Waals surface area contributed by atoms with Crippen molar-refractivity contribution in [2.24, 2.45) is 0 Å². The second kappa shape index (κ2) is 5.99. The van der Waals surface area contributed by atoms with Crippen molar-refractivity contribution in [2.45, 2.75) is 17.8 Å². The van der Waals surface area contributed by atoms with E-state index in [1.165, 1.54) is 16.2 Å². The van der Waals surface area contributed by atoms with Gasteiger partial charge in [-0.15, -0.1) is 0 Å². The summed E-state index contributed by atoms with van der Waals surface area (Å²) in [5.41, 5.74) is 2.50. The lowest BCUT2D eigenvalue weighted by Crippen LogP contribution is -2.19. The molecule has 0 spiro atoms. The summed E-state index contributed by atoms with van der Waals surface area (Å²) in [7, 11) is 0. The molecular weight excluding hydrogens is 350 g/mol.